The Morgan fingerprint density at radius 1 is 1.40 bits per heavy atom. The Morgan fingerprint density at radius 3 is 1.70 bits per heavy atom. The molecule has 0 saturated heterocycles. The third-order valence-electron chi connectivity index (χ3n) is 0.968. The summed E-state index contributed by atoms with van der Waals surface area (Å²) >= 11 is 0. The molecule has 3 nitrogen and oxygen atoms in total. The number of halogens is 3. The normalized spacial score (nSPS) is 18.1. The van der Waals surface area contributed by atoms with Crippen molar-refractivity contribution in [3.63, 3.8) is 0 Å². The maximum atomic E-state index is 11.5. The second kappa shape index (κ2) is 2.12. The van der Waals surface area contributed by atoms with Gasteiger partial charge in [-0.3, -0.25) is 0 Å². The van der Waals surface area contributed by atoms with E-state index in [2.05, 4.69) is 0 Å². The second-order valence-electron chi connectivity index (χ2n) is 1.88. The first-order valence-electron chi connectivity index (χ1n) is 2.22. The summed E-state index contributed by atoms with van der Waals surface area (Å²) in [6, 6.07) is 0. The molecule has 0 unspecified atom stereocenters. The summed E-state index contributed by atoms with van der Waals surface area (Å²) in [6.07, 6.45) is -5.13. The zero-order valence-corrected chi connectivity index (χ0v) is 4.94. The highest BCUT2D eigenvalue weighted by Gasteiger charge is 2.56. The van der Waals surface area contributed by atoms with Crippen molar-refractivity contribution in [3.05, 3.63) is 0 Å². The van der Waals surface area contributed by atoms with E-state index in [1.807, 2.05) is 0 Å². The lowest BCUT2D eigenvalue weighted by atomic mass is 10.1. The largest absolute Gasteiger partial charge is 0.479 e. The molecule has 0 aromatic carbocycles. The van der Waals surface area contributed by atoms with Crippen molar-refractivity contribution in [2.75, 3.05) is 0 Å². The van der Waals surface area contributed by atoms with Crippen molar-refractivity contribution in [1.29, 1.82) is 0 Å². The van der Waals surface area contributed by atoms with E-state index in [1.54, 1.807) is 0 Å². The Labute approximate surface area is 54.1 Å². The maximum Gasteiger partial charge on any atom is 0.427 e. The van der Waals surface area contributed by atoms with Gasteiger partial charge in [-0.05, 0) is 6.92 Å². The molecule has 60 valence electrons. The summed E-state index contributed by atoms with van der Waals surface area (Å²) < 4.78 is 34.4. The average molecular weight is 158 g/mol. The zero-order valence-electron chi connectivity index (χ0n) is 4.94. The van der Waals surface area contributed by atoms with Crippen LogP contribution >= 0.6 is 0 Å². The van der Waals surface area contributed by atoms with Crippen LogP contribution in [0.5, 0.6) is 0 Å². The molecule has 1 atom stereocenters. The van der Waals surface area contributed by atoms with Crippen molar-refractivity contribution in [1.82, 2.24) is 0 Å². The molecular formula is C4H5F3O3. The van der Waals surface area contributed by atoms with Gasteiger partial charge in [0.2, 0.25) is 0 Å². The lowest BCUT2D eigenvalue weighted by Gasteiger charge is -2.20. The fourth-order valence-electron chi connectivity index (χ4n) is 0.121. The molecule has 0 saturated carbocycles. The molecule has 2 N–H and O–H groups in total. The quantitative estimate of drug-likeness (QED) is 0.580. The van der Waals surface area contributed by atoms with E-state index in [9.17, 15) is 18.0 Å². The van der Waals surface area contributed by atoms with Crippen LogP contribution in [-0.2, 0) is 4.79 Å². The van der Waals surface area contributed by atoms with Crippen LogP contribution in [0.3, 0.4) is 0 Å². The number of carbonyl (C=O) groups is 1. The van der Waals surface area contributed by atoms with Gasteiger partial charge in [-0.1, -0.05) is 0 Å². The molecule has 0 amide bonds. The van der Waals surface area contributed by atoms with Gasteiger partial charge in [0, 0.05) is 0 Å². The molecule has 0 aromatic heterocycles. The summed E-state index contributed by atoms with van der Waals surface area (Å²) in [7, 11) is 0. The van der Waals surface area contributed by atoms with Crippen molar-refractivity contribution in [2.45, 2.75) is 18.7 Å². The third kappa shape index (κ3) is 1.38. The van der Waals surface area contributed by atoms with Crippen LogP contribution in [0, 0.1) is 0 Å². The molecule has 0 bridgehead atoms. The Bertz CT molecular complexity index is 148. The predicted molar refractivity (Wildman–Crippen MR) is 24.3 cm³/mol. The fourth-order valence-corrected chi connectivity index (χ4v) is 0.121. The molecule has 10 heavy (non-hydrogen) atoms. The number of rotatable bonds is 1. The molecular weight excluding hydrogens is 153 g/mol. The van der Waals surface area contributed by atoms with Crippen molar-refractivity contribution in [2.24, 2.45) is 0 Å². The minimum absolute atomic E-state index is 0.176. The van der Waals surface area contributed by atoms with Gasteiger partial charge in [0.25, 0.3) is 5.60 Å². The van der Waals surface area contributed by atoms with E-state index in [0.717, 1.165) is 0 Å². The van der Waals surface area contributed by atoms with Gasteiger partial charge in [-0.2, -0.15) is 13.2 Å². The average Bonchev–Trinajstić information content (AvgIpc) is 1.62. The molecule has 0 aromatic rings. The zero-order chi connectivity index (χ0) is 8.58. The number of hydrogen-bond acceptors (Lipinski definition) is 2. The van der Waals surface area contributed by atoms with Crippen LogP contribution in [-0.4, -0.2) is 28.0 Å². The first-order chi connectivity index (χ1) is 4.19. The SMILES string of the molecule is C[C@](O)(C(=O)O)C(F)(F)F. The lowest BCUT2D eigenvalue weighted by Crippen LogP contribution is -2.49. The van der Waals surface area contributed by atoms with Crippen molar-refractivity contribution >= 4 is 5.97 Å². The van der Waals surface area contributed by atoms with Crippen LogP contribution in [0.25, 0.3) is 0 Å². The molecule has 0 fully saturated rings. The number of alkyl halides is 3. The summed E-state index contributed by atoms with van der Waals surface area (Å²) in [5.41, 5.74) is -3.65. The number of aliphatic carboxylic acids is 1. The molecule has 0 heterocycles. The van der Waals surface area contributed by atoms with Crippen LogP contribution < -0.4 is 0 Å². The van der Waals surface area contributed by atoms with Crippen molar-refractivity contribution in [3.8, 4) is 0 Å². The number of hydrogen-bond donors (Lipinski definition) is 2. The number of aliphatic hydroxyl groups is 1. The minimum Gasteiger partial charge on any atom is -0.479 e. The van der Waals surface area contributed by atoms with Gasteiger partial charge in [0.1, 0.15) is 0 Å². The highest BCUT2D eigenvalue weighted by atomic mass is 19.4. The summed E-state index contributed by atoms with van der Waals surface area (Å²) in [5.74, 6) is -2.31. The van der Waals surface area contributed by atoms with Gasteiger partial charge < -0.3 is 10.2 Å². The van der Waals surface area contributed by atoms with E-state index in [1.165, 1.54) is 0 Å². The highest BCUT2D eigenvalue weighted by Crippen LogP contribution is 2.29. The molecule has 0 spiro atoms. The smallest absolute Gasteiger partial charge is 0.427 e. The Hall–Kier alpha value is -0.780. The second-order valence-corrected chi connectivity index (χ2v) is 1.88. The van der Waals surface area contributed by atoms with Gasteiger partial charge in [-0.15, -0.1) is 0 Å². The predicted octanol–water partition coefficient (Wildman–Crippen LogP) is 0.384. The third-order valence-corrected chi connectivity index (χ3v) is 0.968. The molecule has 0 aliphatic rings. The number of carboxylic acid groups (broad SMARTS) is 1. The van der Waals surface area contributed by atoms with Gasteiger partial charge in [0.15, 0.2) is 0 Å². The first kappa shape index (κ1) is 9.22. The maximum absolute atomic E-state index is 11.5. The van der Waals surface area contributed by atoms with Crippen LogP contribution in [0.15, 0.2) is 0 Å². The van der Waals surface area contributed by atoms with E-state index < -0.39 is 17.7 Å². The van der Waals surface area contributed by atoms with Gasteiger partial charge >= 0.3 is 12.1 Å². The summed E-state index contributed by atoms with van der Waals surface area (Å²) in [5, 5.41) is 16.0. The van der Waals surface area contributed by atoms with Crippen LogP contribution in [0.2, 0.25) is 0 Å². The van der Waals surface area contributed by atoms with Crippen LogP contribution in [0.1, 0.15) is 6.92 Å². The topological polar surface area (TPSA) is 57.5 Å². The summed E-state index contributed by atoms with van der Waals surface area (Å²) in [6.45, 7) is 0.176. The molecule has 6 heteroatoms. The van der Waals surface area contributed by atoms with Gasteiger partial charge in [-0.25, -0.2) is 4.79 Å². The van der Waals surface area contributed by atoms with E-state index in [0.29, 0.717) is 0 Å². The molecule has 0 aliphatic carbocycles. The lowest BCUT2D eigenvalue weighted by molar-refractivity contribution is -0.253. The first-order valence-corrected chi connectivity index (χ1v) is 2.22. The summed E-state index contributed by atoms with van der Waals surface area (Å²) in [4.78, 5) is 9.70. The standard InChI is InChI=1S/C4H5F3O3/c1-3(10,2(8)9)4(5,6)7/h10H,1H3,(H,8,9)/t3-/m0/s1. The number of carboxylic acids is 1. The van der Waals surface area contributed by atoms with E-state index in [-0.39, 0.29) is 6.92 Å². The molecule has 0 radical (unpaired) electrons. The highest BCUT2D eigenvalue weighted by molar-refractivity contribution is 5.77. The molecule has 0 aliphatic heterocycles. The Balaban J connectivity index is 4.57. The minimum atomic E-state index is -5.13. The Morgan fingerprint density at radius 2 is 1.70 bits per heavy atom. The fraction of sp³-hybridized carbons (Fsp3) is 0.750. The molecule has 0 rings (SSSR count). The monoisotopic (exact) mass is 158 g/mol. The Kier molecular flexibility index (Phi) is 1.95. The van der Waals surface area contributed by atoms with Crippen molar-refractivity contribution < 1.29 is 28.2 Å². The van der Waals surface area contributed by atoms with Gasteiger partial charge in [0.05, 0.1) is 0 Å². The van der Waals surface area contributed by atoms with E-state index >= 15 is 0 Å². The van der Waals surface area contributed by atoms with E-state index in [4.69, 9.17) is 10.2 Å². The van der Waals surface area contributed by atoms with Crippen LogP contribution in [0.4, 0.5) is 13.2 Å².